The molecule has 2 aliphatic rings. The van der Waals surface area contributed by atoms with Crippen molar-refractivity contribution in [3.63, 3.8) is 0 Å². The highest BCUT2D eigenvalue weighted by Crippen LogP contribution is 2.41. The summed E-state index contributed by atoms with van der Waals surface area (Å²) in [4.78, 5) is 26.4. The monoisotopic (exact) mass is 315 g/mol. The predicted octanol–water partition coefficient (Wildman–Crippen LogP) is 2.81. The van der Waals surface area contributed by atoms with Crippen LogP contribution < -0.4 is 9.64 Å². The summed E-state index contributed by atoms with van der Waals surface area (Å²) >= 11 is 5.97. The molecule has 0 spiro atoms. The molecule has 0 saturated carbocycles. The van der Waals surface area contributed by atoms with Gasteiger partial charge < -0.3 is 4.74 Å². The van der Waals surface area contributed by atoms with Gasteiger partial charge in [0.1, 0.15) is 12.4 Å². The summed E-state index contributed by atoms with van der Waals surface area (Å²) in [7, 11) is 0. The number of benzene rings is 1. The Morgan fingerprint density at radius 1 is 1.36 bits per heavy atom. The number of hydrogen-bond acceptors (Lipinski definition) is 3. The third-order valence-electron chi connectivity index (χ3n) is 3.94. The molecule has 2 atom stereocenters. The average Bonchev–Trinajstić information content (AvgIpc) is 2.78. The fourth-order valence-corrected chi connectivity index (χ4v) is 3.09. The van der Waals surface area contributed by atoms with Crippen LogP contribution in [-0.2, 0) is 9.59 Å². The number of terminal acetylenes is 1. The van der Waals surface area contributed by atoms with E-state index in [4.69, 9.17) is 22.8 Å². The summed E-state index contributed by atoms with van der Waals surface area (Å²) in [6.45, 7) is 0.0380. The molecule has 1 heterocycles. The maximum absolute atomic E-state index is 12.6. The molecular formula is C17H14ClNO3. The number of halogens is 1. The summed E-state index contributed by atoms with van der Waals surface area (Å²) in [5.74, 6) is 1.63. The van der Waals surface area contributed by atoms with E-state index in [0.29, 0.717) is 22.9 Å². The maximum atomic E-state index is 12.6. The Kier molecular flexibility index (Phi) is 3.91. The highest BCUT2D eigenvalue weighted by molar-refractivity contribution is 6.31. The van der Waals surface area contributed by atoms with Crippen molar-refractivity contribution in [3.05, 3.63) is 35.4 Å². The van der Waals surface area contributed by atoms with E-state index in [1.165, 1.54) is 4.90 Å². The van der Waals surface area contributed by atoms with Crippen LogP contribution in [0.4, 0.5) is 5.69 Å². The van der Waals surface area contributed by atoms with Crippen LogP contribution in [0.15, 0.2) is 30.4 Å². The van der Waals surface area contributed by atoms with Gasteiger partial charge in [0.2, 0.25) is 11.8 Å². The number of imide groups is 1. The topological polar surface area (TPSA) is 46.6 Å². The van der Waals surface area contributed by atoms with Gasteiger partial charge in [0, 0.05) is 11.1 Å². The molecule has 4 nitrogen and oxygen atoms in total. The number of carbonyl (C=O) groups excluding carboxylic acids is 2. The first-order chi connectivity index (χ1) is 10.6. The molecule has 112 valence electrons. The zero-order chi connectivity index (χ0) is 15.7. The van der Waals surface area contributed by atoms with Gasteiger partial charge in [-0.05, 0) is 25.0 Å². The number of rotatable bonds is 3. The minimum Gasteiger partial charge on any atom is -0.479 e. The van der Waals surface area contributed by atoms with E-state index >= 15 is 0 Å². The van der Waals surface area contributed by atoms with Crippen LogP contribution in [0.5, 0.6) is 5.75 Å². The van der Waals surface area contributed by atoms with Crippen molar-refractivity contribution in [2.24, 2.45) is 11.8 Å². The lowest BCUT2D eigenvalue weighted by molar-refractivity contribution is -0.122. The molecule has 1 aliphatic heterocycles. The van der Waals surface area contributed by atoms with Gasteiger partial charge in [0.25, 0.3) is 0 Å². The first kappa shape index (κ1) is 14.7. The Balaban J connectivity index is 2.00. The Morgan fingerprint density at radius 3 is 2.91 bits per heavy atom. The number of allylic oxidation sites excluding steroid dienone is 1. The summed E-state index contributed by atoms with van der Waals surface area (Å²) in [5.41, 5.74) is 0.400. The number of fused-ring (bicyclic) bond motifs is 1. The molecule has 3 rings (SSSR count). The first-order valence-corrected chi connectivity index (χ1v) is 7.41. The van der Waals surface area contributed by atoms with Crippen LogP contribution >= 0.6 is 11.6 Å². The van der Waals surface area contributed by atoms with Crippen molar-refractivity contribution in [2.75, 3.05) is 11.5 Å². The number of amides is 2. The minimum absolute atomic E-state index is 0.0380. The average molecular weight is 316 g/mol. The fraction of sp³-hybridized carbons (Fsp3) is 0.294. The highest BCUT2D eigenvalue weighted by atomic mass is 35.5. The molecule has 1 fully saturated rings. The van der Waals surface area contributed by atoms with Crippen molar-refractivity contribution in [1.82, 2.24) is 0 Å². The first-order valence-electron chi connectivity index (χ1n) is 7.03. The Bertz CT molecular complexity index is 704. The van der Waals surface area contributed by atoms with Crippen molar-refractivity contribution < 1.29 is 14.3 Å². The standard InChI is InChI=1S/C17H14ClNO3/c1-2-9-22-15-10-11(18)7-8-14(15)19-16(20)12-5-3-4-6-13(12)17(19)21/h1,3,5,7-8,10,12-13H,4,6,9H2. The van der Waals surface area contributed by atoms with Crippen LogP contribution in [0.1, 0.15) is 12.8 Å². The van der Waals surface area contributed by atoms with Crippen molar-refractivity contribution in [1.29, 1.82) is 0 Å². The number of carbonyl (C=O) groups is 2. The Labute approximate surface area is 133 Å². The number of anilines is 1. The number of nitrogens with zero attached hydrogens (tertiary/aromatic N) is 1. The summed E-state index contributed by atoms with van der Waals surface area (Å²) < 4.78 is 5.44. The van der Waals surface area contributed by atoms with E-state index < -0.39 is 0 Å². The second-order valence-electron chi connectivity index (χ2n) is 5.25. The van der Waals surface area contributed by atoms with Crippen LogP contribution in [0, 0.1) is 24.2 Å². The smallest absolute Gasteiger partial charge is 0.241 e. The maximum Gasteiger partial charge on any atom is 0.241 e. The van der Waals surface area contributed by atoms with E-state index in [1.807, 2.05) is 12.2 Å². The molecule has 1 aromatic carbocycles. The van der Waals surface area contributed by atoms with Gasteiger partial charge in [-0.15, -0.1) is 6.42 Å². The van der Waals surface area contributed by atoms with Crippen LogP contribution in [0.25, 0.3) is 0 Å². The molecule has 0 bridgehead atoms. The zero-order valence-electron chi connectivity index (χ0n) is 11.8. The van der Waals surface area contributed by atoms with Gasteiger partial charge in [-0.2, -0.15) is 0 Å². The van der Waals surface area contributed by atoms with Gasteiger partial charge in [-0.3, -0.25) is 9.59 Å². The molecule has 5 heteroatoms. The zero-order valence-corrected chi connectivity index (χ0v) is 12.5. The van der Waals surface area contributed by atoms with Crippen molar-refractivity contribution in [2.45, 2.75) is 12.8 Å². The summed E-state index contributed by atoms with van der Waals surface area (Å²) in [5, 5.41) is 0.451. The van der Waals surface area contributed by atoms with Crippen LogP contribution in [0.2, 0.25) is 5.02 Å². The highest BCUT2D eigenvalue weighted by Gasteiger charge is 2.48. The van der Waals surface area contributed by atoms with Gasteiger partial charge in [0.05, 0.1) is 17.5 Å². The van der Waals surface area contributed by atoms with E-state index in [-0.39, 0.29) is 30.3 Å². The molecule has 2 amide bonds. The second kappa shape index (κ2) is 5.86. The molecule has 1 saturated heterocycles. The third kappa shape index (κ3) is 2.38. The van der Waals surface area contributed by atoms with Gasteiger partial charge in [0.15, 0.2) is 0 Å². The lowest BCUT2D eigenvalue weighted by Crippen LogP contribution is -2.31. The van der Waals surface area contributed by atoms with Gasteiger partial charge in [-0.25, -0.2) is 4.90 Å². The minimum atomic E-state index is -0.377. The third-order valence-corrected chi connectivity index (χ3v) is 4.17. The number of hydrogen-bond donors (Lipinski definition) is 0. The van der Waals surface area contributed by atoms with E-state index in [2.05, 4.69) is 5.92 Å². The van der Waals surface area contributed by atoms with Crippen LogP contribution in [-0.4, -0.2) is 18.4 Å². The van der Waals surface area contributed by atoms with Crippen molar-refractivity contribution in [3.8, 4) is 18.1 Å². The van der Waals surface area contributed by atoms with Gasteiger partial charge in [-0.1, -0.05) is 29.7 Å². The SMILES string of the molecule is C#CCOc1cc(Cl)ccc1N1C(=O)C2C=CCCC2C1=O. The molecule has 1 aromatic rings. The molecule has 22 heavy (non-hydrogen) atoms. The normalized spacial score (nSPS) is 23.4. The Hall–Kier alpha value is -2.25. The van der Waals surface area contributed by atoms with Crippen LogP contribution in [0.3, 0.4) is 0 Å². The summed E-state index contributed by atoms with van der Waals surface area (Å²) in [6, 6.07) is 4.80. The fourth-order valence-electron chi connectivity index (χ4n) is 2.93. The Morgan fingerprint density at radius 2 is 2.18 bits per heavy atom. The van der Waals surface area contributed by atoms with E-state index in [9.17, 15) is 9.59 Å². The van der Waals surface area contributed by atoms with E-state index in [1.54, 1.807) is 18.2 Å². The molecule has 1 aliphatic carbocycles. The largest absolute Gasteiger partial charge is 0.479 e. The predicted molar refractivity (Wildman–Crippen MR) is 83.6 cm³/mol. The number of ether oxygens (including phenoxy) is 1. The quantitative estimate of drug-likeness (QED) is 0.489. The lowest BCUT2D eigenvalue weighted by atomic mass is 9.86. The molecule has 0 N–H and O–H groups in total. The van der Waals surface area contributed by atoms with Gasteiger partial charge >= 0.3 is 0 Å². The second-order valence-corrected chi connectivity index (χ2v) is 5.69. The summed E-state index contributed by atoms with van der Waals surface area (Å²) in [6.07, 6.45) is 10.5. The molecular weight excluding hydrogens is 302 g/mol. The molecule has 2 unspecified atom stereocenters. The van der Waals surface area contributed by atoms with Crippen molar-refractivity contribution >= 4 is 29.1 Å². The lowest BCUT2D eigenvalue weighted by Gasteiger charge is -2.18. The van der Waals surface area contributed by atoms with E-state index in [0.717, 1.165) is 6.42 Å². The molecule has 0 aromatic heterocycles. The molecule has 0 radical (unpaired) electrons.